The molecule has 1 aromatic heterocycles. The minimum atomic E-state index is 0.272. The zero-order chi connectivity index (χ0) is 13.6. The highest BCUT2D eigenvalue weighted by atomic mass is 32.1. The lowest BCUT2D eigenvalue weighted by Gasteiger charge is -2.27. The number of hydrogen-bond acceptors (Lipinski definition) is 3. The number of rotatable bonds is 5. The molecule has 4 rings (SSSR count). The summed E-state index contributed by atoms with van der Waals surface area (Å²) < 4.78 is 0. The molecule has 3 aliphatic rings. The van der Waals surface area contributed by atoms with Crippen LogP contribution in [-0.4, -0.2) is 30.4 Å². The molecule has 1 aliphatic heterocycles. The smallest absolute Gasteiger partial charge is 0.236 e. The van der Waals surface area contributed by atoms with Gasteiger partial charge in [-0.25, -0.2) is 0 Å². The van der Waals surface area contributed by atoms with Gasteiger partial charge in [-0.15, -0.1) is 11.3 Å². The quantitative estimate of drug-likeness (QED) is 0.903. The summed E-state index contributed by atoms with van der Waals surface area (Å²) in [5, 5.41) is 5.58. The molecule has 0 aromatic carbocycles. The van der Waals surface area contributed by atoms with Gasteiger partial charge in [-0.2, -0.15) is 0 Å². The number of nitrogens with zero attached hydrogens (tertiary/aromatic N) is 1. The molecule has 2 aliphatic carbocycles. The van der Waals surface area contributed by atoms with Crippen molar-refractivity contribution in [3.05, 3.63) is 21.9 Å². The van der Waals surface area contributed by atoms with Crippen LogP contribution in [0, 0.1) is 11.3 Å². The van der Waals surface area contributed by atoms with Crippen LogP contribution in [0.1, 0.15) is 36.1 Å². The summed E-state index contributed by atoms with van der Waals surface area (Å²) in [6.45, 7) is 3.28. The van der Waals surface area contributed by atoms with Crippen LogP contribution in [0.5, 0.6) is 0 Å². The van der Waals surface area contributed by atoms with Crippen molar-refractivity contribution >= 4 is 17.2 Å². The highest BCUT2D eigenvalue weighted by Gasteiger charge is 2.53. The molecule has 2 fully saturated rings. The van der Waals surface area contributed by atoms with Crippen LogP contribution >= 0.6 is 11.3 Å². The first kappa shape index (κ1) is 12.8. The highest BCUT2D eigenvalue weighted by molar-refractivity contribution is 7.10. The molecular formula is C16H22N2OS. The molecule has 2 saturated carbocycles. The molecule has 0 atom stereocenters. The molecule has 1 N–H and O–H groups in total. The summed E-state index contributed by atoms with van der Waals surface area (Å²) >= 11 is 1.83. The first-order chi connectivity index (χ1) is 9.77. The van der Waals surface area contributed by atoms with Crippen LogP contribution in [-0.2, 0) is 17.8 Å². The van der Waals surface area contributed by atoms with Gasteiger partial charge in [0.2, 0.25) is 5.91 Å². The summed E-state index contributed by atoms with van der Waals surface area (Å²) in [6.07, 6.45) is 6.62. The van der Waals surface area contributed by atoms with Crippen molar-refractivity contribution in [3.8, 4) is 0 Å². The van der Waals surface area contributed by atoms with Crippen molar-refractivity contribution in [1.29, 1.82) is 0 Å². The average molecular weight is 290 g/mol. The van der Waals surface area contributed by atoms with Crippen molar-refractivity contribution in [2.24, 2.45) is 11.3 Å². The molecule has 1 aromatic rings. The topological polar surface area (TPSA) is 32.3 Å². The number of carbonyl (C=O) groups is 1. The third-order valence-corrected chi connectivity index (χ3v) is 6.27. The number of amides is 1. The van der Waals surface area contributed by atoms with E-state index in [2.05, 4.69) is 16.8 Å². The maximum absolute atomic E-state index is 12.3. The standard InChI is InChI=1S/C16H22N2OS/c19-15(9-17-11-16(5-6-16)13-1-2-13)18-7-3-14-12(10-18)4-8-20-14/h4,8,13,17H,1-3,5-7,9-11H2. The first-order valence-corrected chi connectivity index (χ1v) is 8.69. The van der Waals surface area contributed by atoms with Gasteiger partial charge in [-0.3, -0.25) is 4.79 Å². The zero-order valence-corrected chi connectivity index (χ0v) is 12.7. The minimum absolute atomic E-state index is 0.272. The molecule has 0 spiro atoms. The number of thiophene rings is 1. The summed E-state index contributed by atoms with van der Waals surface area (Å²) in [6, 6.07) is 2.17. The van der Waals surface area contributed by atoms with E-state index in [9.17, 15) is 4.79 Å². The van der Waals surface area contributed by atoms with Crippen molar-refractivity contribution in [2.75, 3.05) is 19.6 Å². The summed E-state index contributed by atoms with van der Waals surface area (Å²) in [5.41, 5.74) is 1.94. The first-order valence-electron chi connectivity index (χ1n) is 7.81. The number of fused-ring (bicyclic) bond motifs is 1. The number of nitrogens with one attached hydrogen (secondary N) is 1. The molecule has 0 radical (unpaired) electrons. The van der Waals surface area contributed by atoms with E-state index in [4.69, 9.17) is 0 Å². The lowest BCUT2D eigenvalue weighted by molar-refractivity contribution is -0.131. The molecule has 108 valence electrons. The lowest BCUT2D eigenvalue weighted by atomic mass is 10.0. The van der Waals surface area contributed by atoms with E-state index < -0.39 is 0 Å². The Balaban J connectivity index is 1.26. The van der Waals surface area contributed by atoms with E-state index in [1.165, 1.54) is 36.1 Å². The van der Waals surface area contributed by atoms with Gasteiger partial charge >= 0.3 is 0 Å². The van der Waals surface area contributed by atoms with Crippen molar-refractivity contribution < 1.29 is 4.79 Å². The van der Waals surface area contributed by atoms with Crippen molar-refractivity contribution in [2.45, 2.75) is 38.6 Å². The lowest BCUT2D eigenvalue weighted by Crippen LogP contribution is -2.42. The van der Waals surface area contributed by atoms with E-state index in [-0.39, 0.29) is 5.91 Å². The van der Waals surface area contributed by atoms with Gasteiger partial charge in [-0.1, -0.05) is 0 Å². The Morgan fingerprint density at radius 3 is 3.05 bits per heavy atom. The fourth-order valence-corrected chi connectivity index (χ4v) is 4.47. The van der Waals surface area contributed by atoms with Gasteiger partial charge in [0.1, 0.15) is 0 Å². The number of hydrogen-bond donors (Lipinski definition) is 1. The Morgan fingerprint density at radius 1 is 1.45 bits per heavy atom. The van der Waals surface area contributed by atoms with Gasteiger partial charge < -0.3 is 10.2 Å². The third kappa shape index (κ3) is 2.40. The molecule has 0 saturated heterocycles. The van der Waals surface area contributed by atoms with E-state index in [0.717, 1.165) is 32.0 Å². The number of carbonyl (C=O) groups excluding carboxylic acids is 1. The maximum atomic E-state index is 12.3. The van der Waals surface area contributed by atoms with E-state index >= 15 is 0 Å². The fourth-order valence-electron chi connectivity index (χ4n) is 3.58. The Hall–Kier alpha value is -0.870. The summed E-state index contributed by atoms with van der Waals surface area (Å²) in [7, 11) is 0. The predicted octanol–water partition coefficient (Wildman–Crippen LogP) is 2.41. The third-order valence-electron chi connectivity index (χ3n) is 5.25. The second-order valence-electron chi connectivity index (χ2n) is 6.67. The molecule has 2 heterocycles. The van der Waals surface area contributed by atoms with Crippen molar-refractivity contribution in [3.63, 3.8) is 0 Å². The second kappa shape index (κ2) is 4.85. The SMILES string of the molecule is O=C(CNCC1(C2CC2)CC1)N1CCc2sccc2C1. The highest BCUT2D eigenvalue weighted by Crippen LogP contribution is 2.60. The predicted molar refractivity (Wildman–Crippen MR) is 80.7 cm³/mol. The van der Waals surface area contributed by atoms with Gasteiger partial charge in [0.15, 0.2) is 0 Å². The van der Waals surface area contributed by atoms with Gasteiger partial charge in [0.05, 0.1) is 6.54 Å². The zero-order valence-electron chi connectivity index (χ0n) is 11.9. The minimum Gasteiger partial charge on any atom is -0.337 e. The molecular weight excluding hydrogens is 268 g/mol. The average Bonchev–Trinajstić information content (AvgIpc) is 3.36. The summed E-state index contributed by atoms with van der Waals surface area (Å²) in [4.78, 5) is 15.8. The Labute approximate surface area is 124 Å². The maximum Gasteiger partial charge on any atom is 0.236 e. The fraction of sp³-hybridized carbons (Fsp3) is 0.688. The van der Waals surface area contributed by atoms with Crippen LogP contribution in [0.4, 0.5) is 0 Å². The Bertz CT molecular complexity index is 516. The van der Waals surface area contributed by atoms with E-state index in [1.54, 1.807) is 0 Å². The molecule has 0 unspecified atom stereocenters. The normalized spacial score (nSPS) is 23.5. The van der Waals surface area contributed by atoms with Crippen LogP contribution in [0.3, 0.4) is 0 Å². The summed E-state index contributed by atoms with van der Waals surface area (Å²) in [5.74, 6) is 1.24. The van der Waals surface area contributed by atoms with Crippen LogP contribution < -0.4 is 5.32 Å². The van der Waals surface area contributed by atoms with Gasteiger partial charge in [0.25, 0.3) is 0 Å². The monoisotopic (exact) mass is 290 g/mol. The second-order valence-corrected chi connectivity index (χ2v) is 7.68. The van der Waals surface area contributed by atoms with Crippen molar-refractivity contribution in [1.82, 2.24) is 10.2 Å². The molecule has 3 nitrogen and oxygen atoms in total. The van der Waals surface area contributed by atoms with E-state index in [0.29, 0.717) is 12.0 Å². The van der Waals surface area contributed by atoms with E-state index in [1.807, 2.05) is 16.2 Å². The van der Waals surface area contributed by atoms with Crippen LogP contribution in [0.2, 0.25) is 0 Å². The molecule has 4 heteroatoms. The van der Waals surface area contributed by atoms with Gasteiger partial charge in [-0.05, 0) is 60.4 Å². The Kier molecular flexibility index (Phi) is 3.11. The van der Waals surface area contributed by atoms with Crippen LogP contribution in [0.25, 0.3) is 0 Å². The van der Waals surface area contributed by atoms with Gasteiger partial charge in [0, 0.05) is 24.5 Å². The molecule has 0 bridgehead atoms. The molecule has 1 amide bonds. The Morgan fingerprint density at radius 2 is 2.30 bits per heavy atom. The largest absolute Gasteiger partial charge is 0.337 e. The van der Waals surface area contributed by atoms with Crippen LogP contribution in [0.15, 0.2) is 11.4 Å². The molecule has 20 heavy (non-hydrogen) atoms.